The van der Waals surface area contributed by atoms with E-state index in [0.29, 0.717) is 6.04 Å². The van der Waals surface area contributed by atoms with E-state index >= 15 is 0 Å². The van der Waals surface area contributed by atoms with Crippen molar-refractivity contribution in [3.63, 3.8) is 0 Å². The molecule has 3 N–H and O–H groups in total. The summed E-state index contributed by atoms with van der Waals surface area (Å²) in [5, 5.41) is 9.32. The fraction of sp³-hybridized carbons (Fsp3) is 0.500. The molecule has 3 heteroatoms. The Morgan fingerprint density at radius 3 is 2.87 bits per heavy atom. The second-order valence-electron chi connectivity index (χ2n) is 4.44. The number of hydrogen-bond donors (Lipinski definition) is 2. The molecule has 0 bridgehead atoms. The predicted octanol–water partition coefficient (Wildman–Crippen LogP) is 1.57. The van der Waals surface area contributed by atoms with Crippen LogP contribution in [0.5, 0.6) is 0 Å². The van der Waals surface area contributed by atoms with Gasteiger partial charge in [0, 0.05) is 29.9 Å². The number of benzene rings is 1. The molecule has 1 aromatic carbocycles. The molecule has 1 heterocycles. The maximum atomic E-state index is 9.32. The number of fused-ring (bicyclic) bond motifs is 1. The van der Waals surface area contributed by atoms with E-state index in [-0.39, 0.29) is 12.5 Å². The van der Waals surface area contributed by atoms with Crippen molar-refractivity contribution < 1.29 is 5.11 Å². The first-order valence-corrected chi connectivity index (χ1v) is 5.40. The summed E-state index contributed by atoms with van der Waals surface area (Å²) in [6.07, 6.45) is 0. The summed E-state index contributed by atoms with van der Waals surface area (Å²) in [7, 11) is 0. The molecule has 15 heavy (non-hydrogen) atoms. The van der Waals surface area contributed by atoms with Crippen LogP contribution in [0.3, 0.4) is 0 Å². The normalized spacial score (nSPS) is 19.7. The van der Waals surface area contributed by atoms with Gasteiger partial charge in [-0.3, -0.25) is 0 Å². The summed E-state index contributed by atoms with van der Waals surface area (Å²) in [5.41, 5.74) is 8.99. The van der Waals surface area contributed by atoms with Gasteiger partial charge in [0.2, 0.25) is 0 Å². The lowest BCUT2D eigenvalue weighted by Gasteiger charge is -2.24. The number of nitrogen functional groups attached to an aromatic ring is 1. The number of nitrogens with zero attached hydrogens (tertiary/aromatic N) is 1. The molecule has 1 aliphatic heterocycles. The Hall–Kier alpha value is -1.22. The summed E-state index contributed by atoms with van der Waals surface area (Å²) in [5.74, 6) is 0.239. The lowest BCUT2D eigenvalue weighted by Crippen LogP contribution is -2.29. The van der Waals surface area contributed by atoms with E-state index < -0.39 is 0 Å². The Morgan fingerprint density at radius 1 is 1.53 bits per heavy atom. The van der Waals surface area contributed by atoms with Crippen LogP contribution in [0.2, 0.25) is 0 Å². The summed E-state index contributed by atoms with van der Waals surface area (Å²) in [6.45, 7) is 5.42. The molecule has 0 radical (unpaired) electrons. The minimum absolute atomic E-state index is 0.208. The molecule has 2 rings (SSSR count). The van der Waals surface area contributed by atoms with Crippen LogP contribution in [0, 0.1) is 0 Å². The quantitative estimate of drug-likeness (QED) is 0.722. The molecule has 0 amide bonds. The second kappa shape index (κ2) is 3.74. The van der Waals surface area contributed by atoms with Gasteiger partial charge < -0.3 is 15.7 Å². The van der Waals surface area contributed by atoms with E-state index in [9.17, 15) is 5.11 Å². The third-order valence-corrected chi connectivity index (χ3v) is 3.06. The lowest BCUT2D eigenvalue weighted by atomic mass is 10.0. The third kappa shape index (κ3) is 1.67. The van der Waals surface area contributed by atoms with Gasteiger partial charge in [0.25, 0.3) is 0 Å². The van der Waals surface area contributed by atoms with E-state index in [1.807, 2.05) is 18.2 Å². The van der Waals surface area contributed by atoms with Gasteiger partial charge in [0.05, 0.1) is 6.61 Å². The molecule has 0 saturated carbocycles. The Kier molecular flexibility index (Phi) is 2.57. The van der Waals surface area contributed by atoms with Crippen LogP contribution in [0.4, 0.5) is 11.4 Å². The first-order valence-electron chi connectivity index (χ1n) is 5.40. The Morgan fingerprint density at radius 2 is 2.27 bits per heavy atom. The number of aliphatic hydroxyl groups excluding tert-OH is 1. The first-order chi connectivity index (χ1) is 7.13. The molecule has 0 spiro atoms. The van der Waals surface area contributed by atoms with E-state index in [0.717, 1.165) is 12.2 Å². The molecule has 1 aliphatic rings. The number of anilines is 2. The fourth-order valence-corrected chi connectivity index (χ4v) is 2.23. The van der Waals surface area contributed by atoms with E-state index in [4.69, 9.17) is 5.73 Å². The minimum atomic E-state index is 0.208. The monoisotopic (exact) mass is 206 g/mol. The van der Waals surface area contributed by atoms with Crippen LogP contribution < -0.4 is 10.6 Å². The van der Waals surface area contributed by atoms with E-state index in [1.54, 1.807) is 0 Å². The first kappa shape index (κ1) is 10.3. The summed E-state index contributed by atoms with van der Waals surface area (Å²) in [6, 6.07) is 6.40. The van der Waals surface area contributed by atoms with Crippen LogP contribution in [-0.2, 0) is 0 Å². The SMILES string of the molecule is CC(C)N1CC(CO)c2ccc(N)cc21. The zero-order chi connectivity index (χ0) is 11.0. The zero-order valence-corrected chi connectivity index (χ0v) is 9.27. The number of rotatable bonds is 2. The van der Waals surface area contributed by atoms with E-state index in [2.05, 4.69) is 18.7 Å². The van der Waals surface area contributed by atoms with Gasteiger partial charge in [-0.1, -0.05) is 6.07 Å². The topological polar surface area (TPSA) is 49.5 Å². The standard InChI is InChI=1S/C12H18N2O/c1-8(2)14-6-9(7-15)11-4-3-10(13)5-12(11)14/h3-5,8-9,15H,6-7,13H2,1-2H3. The highest BCUT2D eigenvalue weighted by atomic mass is 16.3. The Labute approximate surface area is 90.5 Å². The van der Waals surface area contributed by atoms with Crippen molar-refractivity contribution in [3.05, 3.63) is 23.8 Å². The van der Waals surface area contributed by atoms with Gasteiger partial charge in [-0.2, -0.15) is 0 Å². The van der Waals surface area contributed by atoms with Crippen molar-refractivity contribution >= 4 is 11.4 Å². The molecule has 1 atom stereocenters. The van der Waals surface area contributed by atoms with Gasteiger partial charge in [0.1, 0.15) is 0 Å². The van der Waals surface area contributed by atoms with Crippen molar-refractivity contribution in [2.75, 3.05) is 23.8 Å². The van der Waals surface area contributed by atoms with Crippen LogP contribution in [0.15, 0.2) is 18.2 Å². The Balaban J connectivity index is 2.43. The second-order valence-corrected chi connectivity index (χ2v) is 4.44. The number of hydrogen-bond acceptors (Lipinski definition) is 3. The van der Waals surface area contributed by atoms with Crippen molar-refractivity contribution in [2.24, 2.45) is 0 Å². The molecule has 1 unspecified atom stereocenters. The molecule has 0 aliphatic carbocycles. The highest BCUT2D eigenvalue weighted by molar-refractivity contribution is 5.66. The molecular weight excluding hydrogens is 188 g/mol. The highest BCUT2D eigenvalue weighted by Crippen LogP contribution is 2.38. The third-order valence-electron chi connectivity index (χ3n) is 3.06. The maximum Gasteiger partial charge on any atom is 0.0517 e. The van der Waals surface area contributed by atoms with Crippen molar-refractivity contribution in [2.45, 2.75) is 25.8 Å². The van der Waals surface area contributed by atoms with Gasteiger partial charge in [0.15, 0.2) is 0 Å². The average Bonchev–Trinajstić information content (AvgIpc) is 2.55. The zero-order valence-electron chi connectivity index (χ0n) is 9.27. The van der Waals surface area contributed by atoms with E-state index in [1.165, 1.54) is 11.3 Å². The molecule has 0 aromatic heterocycles. The molecule has 0 fully saturated rings. The largest absolute Gasteiger partial charge is 0.399 e. The average molecular weight is 206 g/mol. The van der Waals surface area contributed by atoms with Crippen molar-refractivity contribution in [1.29, 1.82) is 0 Å². The smallest absolute Gasteiger partial charge is 0.0517 e. The molecule has 3 nitrogen and oxygen atoms in total. The van der Waals surface area contributed by atoms with Gasteiger partial charge in [-0.15, -0.1) is 0 Å². The molecule has 1 aromatic rings. The summed E-state index contributed by atoms with van der Waals surface area (Å²) in [4.78, 5) is 2.30. The van der Waals surface area contributed by atoms with Gasteiger partial charge in [-0.05, 0) is 31.5 Å². The van der Waals surface area contributed by atoms with Crippen LogP contribution >= 0.6 is 0 Å². The van der Waals surface area contributed by atoms with Crippen molar-refractivity contribution in [1.82, 2.24) is 0 Å². The minimum Gasteiger partial charge on any atom is -0.399 e. The van der Waals surface area contributed by atoms with Gasteiger partial charge >= 0.3 is 0 Å². The fourth-order valence-electron chi connectivity index (χ4n) is 2.23. The Bertz CT molecular complexity index is 363. The van der Waals surface area contributed by atoms with Gasteiger partial charge in [-0.25, -0.2) is 0 Å². The lowest BCUT2D eigenvalue weighted by molar-refractivity contribution is 0.270. The predicted molar refractivity (Wildman–Crippen MR) is 63.2 cm³/mol. The highest BCUT2D eigenvalue weighted by Gasteiger charge is 2.29. The molecule has 0 saturated heterocycles. The number of aliphatic hydroxyl groups is 1. The van der Waals surface area contributed by atoms with Crippen LogP contribution in [0.25, 0.3) is 0 Å². The summed E-state index contributed by atoms with van der Waals surface area (Å²) < 4.78 is 0. The maximum absolute atomic E-state index is 9.32. The van der Waals surface area contributed by atoms with Crippen LogP contribution in [0.1, 0.15) is 25.3 Å². The van der Waals surface area contributed by atoms with Crippen LogP contribution in [-0.4, -0.2) is 24.3 Å². The van der Waals surface area contributed by atoms with Crippen molar-refractivity contribution in [3.8, 4) is 0 Å². The molecular formula is C12H18N2O. The number of nitrogens with two attached hydrogens (primary N) is 1. The molecule has 82 valence electrons. The summed E-state index contributed by atoms with van der Waals surface area (Å²) >= 11 is 0.